The molecule has 6 nitrogen and oxygen atoms in total. The second-order valence-corrected chi connectivity index (χ2v) is 5.76. The fraction of sp³-hybridized carbons (Fsp3) is 0.333. The third-order valence-corrected chi connectivity index (χ3v) is 4.25. The van der Waals surface area contributed by atoms with Crippen LogP contribution in [0.5, 0.6) is 11.5 Å². The quantitative estimate of drug-likeness (QED) is 0.789. The standard InChI is InChI=1S/C18H20N3O3/c1-24-18-12-14(2-3-16(18)22)17(23)13-20-8-10-21(11-9-20)15-4-6-19-7-5-15/h2-7,12H,8-11,13H2,1H3. The molecule has 3 rings (SSSR count). The molecule has 6 heteroatoms. The Morgan fingerprint density at radius 3 is 2.50 bits per heavy atom. The molecule has 1 aliphatic heterocycles. The van der Waals surface area contributed by atoms with Crippen LogP contribution in [0.1, 0.15) is 10.4 Å². The summed E-state index contributed by atoms with van der Waals surface area (Å²) >= 11 is 0. The zero-order valence-corrected chi connectivity index (χ0v) is 13.6. The van der Waals surface area contributed by atoms with Crippen molar-refractivity contribution < 1.29 is 14.6 Å². The van der Waals surface area contributed by atoms with E-state index in [1.54, 1.807) is 18.5 Å². The number of aromatic nitrogens is 1. The molecule has 2 aromatic rings. The lowest BCUT2D eigenvalue weighted by Gasteiger charge is -2.35. The van der Waals surface area contributed by atoms with Crippen molar-refractivity contribution in [2.24, 2.45) is 0 Å². The van der Waals surface area contributed by atoms with Gasteiger partial charge in [-0.3, -0.25) is 19.8 Å². The summed E-state index contributed by atoms with van der Waals surface area (Å²) in [5, 5.41) is 11.5. The van der Waals surface area contributed by atoms with E-state index in [0.717, 1.165) is 31.9 Å². The number of rotatable bonds is 5. The number of ketones is 1. The number of hydrogen-bond acceptors (Lipinski definition) is 5. The molecule has 1 aromatic heterocycles. The number of carbonyl (C=O) groups is 1. The molecule has 0 saturated carbocycles. The predicted molar refractivity (Wildman–Crippen MR) is 90.3 cm³/mol. The van der Waals surface area contributed by atoms with E-state index in [1.807, 2.05) is 12.1 Å². The van der Waals surface area contributed by atoms with Gasteiger partial charge >= 0.3 is 0 Å². The normalized spacial score (nSPS) is 15.3. The van der Waals surface area contributed by atoms with Crippen LogP contribution in [0, 0.1) is 0 Å². The number of ether oxygens (including phenoxy) is 1. The second kappa shape index (κ2) is 7.31. The van der Waals surface area contributed by atoms with E-state index in [-0.39, 0.29) is 17.3 Å². The summed E-state index contributed by atoms with van der Waals surface area (Å²) in [5.41, 5.74) is 1.68. The minimum Gasteiger partial charge on any atom is -0.493 e. The van der Waals surface area contributed by atoms with Gasteiger partial charge in [-0.1, -0.05) is 0 Å². The zero-order chi connectivity index (χ0) is 16.9. The third kappa shape index (κ3) is 3.65. The minimum absolute atomic E-state index is 0.00524. The van der Waals surface area contributed by atoms with Gasteiger partial charge in [0.2, 0.25) is 5.75 Å². The number of benzene rings is 1. The lowest BCUT2D eigenvalue weighted by atomic mass is 10.1. The monoisotopic (exact) mass is 326 g/mol. The molecule has 0 amide bonds. The number of nitrogens with zero attached hydrogens (tertiary/aromatic N) is 3. The molecule has 1 saturated heterocycles. The molecule has 1 radical (unpaired) electrons. The van der Waals surface area contributed by atoms with Gasteiger partial charge in [-0.05, 0) is 30.3 Å². The van der Waals surface area contributed by atoms with Crippen LogP contribution in [-0.4, -0.2) is 55.5 Å². The highest BCUT2D eigenvalue weighted by Gasteiger charge is 2.20. The zero-order valence-electron chi connectivity index (χ0n) is 13.6. The maximum absolute atomic E-state index is 12.4. The summed E-state index contributed by atoms with van der Waals surface area (Å²) in [5.74, 6) is 0.00836. The van der Waals surface area contributed by atoms with Crippen LogP contribution in [0.25, 0.3) is 0 Å². The lowest BCUT2D eigenvalue weighted by Crippen LogP contribution is -2.48. The predicted octanol–water partition coefficient (Wildman–Crippen LogP) is 2.24. The molecule has 0 bridgehead atoms. The molecule has 0 unspecified atom stereocenters. The Labute approximate surface area is 141 Å². The van der Waals surface area contributed by atoms with Gasteiger partial charge in [-0.25, -0.2) is 0 Å². The molecule has 1 fully saturated rings. The average Bonchev–Trinajstić information content (AvgIpc) is 2.63. The van der Waals surface area contributed by atoms with Crippen molar-refractivity contribution in [1.29, 1.82) is 0 Å². The molecular formula is C18H20N3O3. The first kappa shape index (κ1) is 16.3. The summed E-state index contributed by atoms with van der Waals surface area (Å²) in [6.07, 6.45) is 3.58. The first-order valence-corrected chi connectivity index (χ1v) is 7.93. The van der Waals surface area contributed by atoms with Gasteiger partial charge in [0, 0.05) is 49.8 Å². The van der Waals surface area contributed by atoms with Crippen molar-refractivity contribution in [3.05, 3.63) is 48.3 Å². The Balaban J connectivity index is 1.57. The summed E-state index contributed by atoms with van der Waals surface area (Å²) in [7, 11) is 1.43. The average molecular weight is 326 g/mol. The molecule has 0 atom stereocenters. The molecule has 0 aliphatic carbocycles. The fourth-order valence-corrected chi connectivity index (χ4v) is 2.85. The Kier molecular flexibility index (Phi) is 4.96. The maximum atomic E-state index is 12.4. The minimum atomic E-state index is -0.208. The smallest absolute Gasteiger partial charge is 0.220 e. The second-order valence-electron chi connectivity index (χ2n) is 5.76. The number of Topliss-reactive ketones (excluding diaryl/α,β-unsaturated/α-hetero) is 1. The Morgan fingerprint density at radius 2 is 1.83 bits per heavy atom. The van der Waals surface area contributed by atoms with E-state index in [1.165, 1.54) is 19.2 Å². The van der Waals surface area contributed by atoms with Crippen LogP contribution < -0.4 is 9.64 Å². The number of anilines is 1. The Morgan fingerprint density at radius 1 is 1.12 bits per heavy atom. The van der Waals surface area contributed by atoms with Gasteiger partial charge in [-0.15, -0.1) is 0 Å². The van der Waals surface area contributed by atoms with E-state index in [2.05, 4.69) is 14.8 Å². The van der Waals surface area contributed by atoms with Crippen molar-refractivity contribution in [2.45, 2.75) is 0 Å². The summed E-state index contributed by atoms with van der Waals surface area (Å²) in [4.78, 5) is 20.9. The number of pyridine rings is 1. The first-order valence-electron chi connectivity index (χ1n) is 7.93. The molecule has 2 heterocycles. The number of hydrogen-bond donors (Lipinski definition) is 0. The van der Waals surface area contributed by atoms with Crippen molar-refractivity contribution in [3.63, 3.8) is 0 Å². The van der Waals surface area contributed by atoms with E-state index >= 15 is 0 Å². The number of piperazine rings is 1. The maximum Gasteiger partial charge on any atom is 0.220 e. The van der Waals surface area contributed by atoms with Gasteiger partial charge in [0.25, 0.3) is 0 Å². The molecule has 0 spiro atoms. The van der Waals surface area contributed by atoms with Crippen LogP contribution in [-0.2, 0) is 5.11 Å². The van der Waals surface area contributed by atoms with Crippen LogP contribution >= 0.6 is 0 Å². The topological polar surface area (TPSA) is 65.6 Å². The molecule has 125 valence electrons. The molecule has 1 aliphatic rings. The summed E-state index contributed by atoms with van der Waals surface area (Å²) in [6, 6.07) is 8.47. The Hall–Kier alpha value is -2.60. The molecule has 0 N–H and O–H groups in total. The summed E-state index contributed by atoms with van der Waals surface area (Å²) < 4.78 is 5.00. The van der Waals surface area contributed by atoms with Crippen molar-refractivity contribution in [2.75, 3.05) is 44.7 Å². The van der Waals surface area contributed by atoms with Crippen LogP contribution in [0.2, 0.25) is 0 Å². The van der Waals surface area contributed by atoms with E-state index in [4.69, 9.17) is 4.74 Å². The van der Waals surface area contributed by atoms with Crippen molar-refractivity contribution >= 4 is 11.5 Å². The van der Waals surface area contributed by atoms with E-state index in [0.29, 0.717) is 12.1 Å². The SMILES string of the molecule is COc1cc(C(=O)CN2CCN(c3ccncc3)CC2)ccc1[O]. The van der Waals surface area contributed by atoms with Gasteiger partial charge < -0.3 is 9.64 Å². The molecular weight excluding hydrogens is 306 g/mol. The van der Waals surface area contributed by atoms with Crippen molar-refractivity contribution in [1.82, 2.24) is 9.88 Å². The first-order chi connectivity index (χ1) is 11.7. The van der Waals surface area contributed by atoms with Crippen LogP contribution in [0.3, 0.4) is 0 Å². The largest absolute Gasteiger partial charge is 0.493 e. The van der Waals surface area contributed by atoms with E-state index < -0.39 is 0 Å². The van der Waals surface area contributed by atoms with Crippen LogP contribution in [0.15, 0.2) is 42.7 Å². The molecule has 24 heavy (non-hydrogen) atoms. The fourth-order valence-electron chi connectivity index (χ4n) is 2.85. The van der Waals surface area contributed by atoms with Crippen molar-refractivity contribution in [3.8, 4) is 11.5 Å². The van der Waals surface area contributed by atoms with Gasteiger partial charge in [-0.2, -0.15) is 0 Å². The highest BCUT2D eigenvalue weighted by molar-refractivity contribution is 5.98. The highest BCUT2D eigenvalue weighted by Crippen LogP contribution is 2.27. The highest BCUT2D eigenvalue weighted by atomic mass is 16.5. The Bertz CT molecular complexity index is 698. The van der Waals surface area contributed by atoms with Gasteiger partial charge in [0.15, 0.2) is 11.5 Å². The number of methoxy groups -OCH3 is 1. The molecule has 1 aromatic carbocycles. The van der Waals surface area contributed by atoms with Crippen LogP contribution in [0.4, 0.5) is 5.69 Å². The number of carbonyl (C=O) groups excluding carboxylic acids is 1. The lowest BCUT2D eigenvalue weighted by molar-refractivity contribution is 0.0926. The summed E-state index contributed by atoms with van der Waals surface area (Å²) in [6.45, 7) is 3.75. The third-order valence-electron chi connectivity index (χ3n) is 4.25. The van der Waals surface area contributed by atoms with Gasteiger partial charge in [0.05, 0.1) is 13.7 Å². The van der Waals surface area contributed by atoms with Gasteiger partial charge in [0.1, 0.15) is 0 Å². The van der Waals surface area contributed by atoms with E-state index in [9.17, 15) is 9.90 Å².